The van der Waals surface area contributed by atoms with Gasteiger partial charge in [-0.15, -0.1) is 0 Å². The number of carbonyl (C=O) groups excluding carboxylic acids is 1. The Morgan fingerprint density at radius 1 is 1.29 bits per heavy atom. The molecule has 0 aliphatic heterocycles. The Kier molecular flexibility index (Phi) is 3.72. The highest BCUT2D eigenvalue weighted by Crippen LogP contribution is 2.28. The molecule has 0 unspecified atom stereocenters. The second-order valence-electron chi connectivity index (χ2n) is 4.27. The van der Waals surface area contributed by atoms with Crippen LogP contribution >= 0.6 is 22.9 Å². The van der Waals surface area contributed by atoms with Gasteiger partial charge >= 0.3 is 0 Å². The summed E-state index contributed by atoms with van der Waals surface area (Å²) in [4.78, 5) is 20.6. The number of nitrogens with one attached hydrogen (secondary N) is 2. The van der Waals surface area contributed by atoms with Crippen molar-refractivity contribution in [2.24, 2.45) is 0 Å². The molecule has 21 heavy (non-hydrogen) atoms. The molecular weight excluding hydrogens is 308 g/mol. The molecule has 3 rings (SSSR count). The van der Waals surface area contributed by atoms with E-state index in [0.29, 0.717) is 21.5 Å². The lowest BCUT2D eigenvalue weighted by molar-refractivity contribution is 0.102. The predicted octanol–water partition coefficient (Wildman–Crippen LogP) is 3.64. The Morgan fingerprint density at radius 2 is 2.14 bits per heavy atom. The maximum Gasteiger partial charge on any atom is 0.259 e. The number of rotatable bonds is 3. The number of carbonyl (C=O) groups is 1. The Hall–Kier alpha value is -2.18. The minimum absolute atomic E-state index is 0.240. The molecule has 0 aliphatic carbocycles. The second-order valence-corrected chi connectivity index (χ2v) is 5.73. The molecule has 0 radical (unpaired) electrons. The average molecular weight is 319 g/mol. The number of thiazole rings is 1. The zero-order valence-electron chi connectivity index (χ0n) is 11.1. The van der Waals surface area contributed by atoms with E-state index < -0.39 is 0 Å². The monoisotopic (exact) mass is 318 g/mol. The van der Waals surface area contributed by atoms with Gasteiger partial charge in [-0.3, -0.25) is 10.1 Å². The van der Waals surface area contributed by atoms with Crippen molar-refractivity contribution in [3.05, 3.63) is 47.1 Å². The third-order valence-electron chi connectivity index (χ3n) is 2.85. The third kappa shape index (κ3) is 2.96. The lowest BCUT2D eigenvalue weighted by Gasteiger charge is -2.02. The molecule has 2 N–H and O–H groups in total. The van der Waals surface area contributed by atoms with Crippen molar-refractivity contribution in [3.63, 3.8) is 0 Å². The minimum Gasteiger partial charge on any atom is -0.373 e. The summed E-state index contributed by atoms with van der Waals surface area (Å²) in [5, 5.41) is 6.86. The number of benzene rings is 1. The lowest BCUT2D eigenvalue weighted by Crippen LogP contribution is -2.12. The van der Waals surface area contributed by atoms with Crippen LogP contribution in [-0.4, -0.2) is 22.9 Å². The molecule has 0 atom stereocenters. The standard InChI is InChI=1S/C14H11ClN4OS/c1-16-12-5-2-8(7-17-12)13(20)19-14-18-10-4-3-9(15)6-11(10)21-14/h2-7H,1H3,(H,16,17)(H,18,19,20). The Labute approximate surface area is 130 Å². The van der Waals surface area contributed by atoms with Crippen molar-refractivity contribution in [1.29, 1.82) is 0 Å². The van der Waals surface area contributed by atoms with Gasteiger partial charge in [0.15, 0.2) is 5.13 Å². The van der Waals surface area contributed by atoms with E-state index in [1.54, 1.807) is 25.2 Å². The van der Waals surface area contributed by atoms with Gasteiger partial charge in [-0.2, -0.15) is 0 Å². The maximum absolute atomic E-state index is 12.1. The van der Waals surface area contributed by atoms with Gasteiger partial charge in [-0.1, -0.05) is 22.9 Å². The van der Waals surface area contributed by atoms with Crippen molar-refractivity contribution in [2.75, 3.05) is 17.7 Å². The van der Waals surface area contributed by atoms with Gasteiger partial charge in [0, 0.05) is 18.3 Å². The van der Waals surface area contributed by atoms with Crippen LogP contribution < -0.4 is 10.6 Å². The fraction of sp³-hybridized carbons (Fsp3) is 0.0714. The number of halogens is 1. The molecule has 0 spiro atoms. The van der Waals surface area contributed by atoms with Crippen molar-refractivity contribution in [3.8, 4) is 0 Å². The van der Waals surface area contributed by atoms with Crippen LogP contribution in [0.25, 0.3) is 10.2 Å². The van der Waals surface area contributed by atoms with Crippen LogP contribution in [0.4, 0.5) is 10.9 Å². The van der Waals surface area contributed by atoms with Crippen LogP contribution in [0.5, 0.6) is 0 Å². The van der Waals surface area contributed by atoms with Crippen molar-refractivity contribution >= 4 is 50.0 Å². The first-order valence-corrected chi connectivity index (χ1v) is 7.36. The van der Waals surface area contributed by atoms with Crippen LogP contribution in [0.1, 0.15) is 10.4 Å². The number of nitrogens with zero attached hydrogens (tertiary/aromatic N) is 2. The molecule has 2 aromatic heterocycles. The van der Waals surface area contributed by atoms with E-state index >= 15 is 0 Å². The van der Waals surface area contributed by atoms with Crippen molar-refractivity contribution in [1.82, 2.24) is 9.97 Å². The van der Waals surface area contributed by atoms with Crippen molar-refractivity contribution < 1.29 is 4.79 Å². The highest BCUT2D eigenvalue weighted by atomic mass is 35.5. The average Bonchev–Trinajstić information content (AvgIpc) is 2.88. The van der Waals surface area contributed by atoms with E-state index in [1.807, 2.05) is 12.1 Å². The van der Waals surface area contributed by atoms with Gasteiger partial charge in [-0.25, -0.2) is 9.97 Å². The molecule has 1 aromatic carbocycles. The van der Waals surface area contributed by atoms with E-state index in [1.165, 1.54) is 17.5 Å². The summed E-state index contributed by atoms with van der Waals surface area (Å²) >= 11 is 7.32. The van der Waals surface area contributed by atoms with E-state index in [2.05, 4.69) is 20.6 Å². The highest BCUT2D eigenvalue weighted by molar-refractivity contribution is 7.22. The molecule has 0 bridgehead atoms. The maximum atomic E-state index is 12.1. The number of pyridine rings is 1. The van der Waals surface area contributed by atoms with E-state index in [-0.39, 0.29) is 5.91 Å². The first-order chi connectivity index (χ1) is 10.2. The third-order valence-corrected chi connectivity index (χ3v) is 4.02. The lowest BCUT2D eigenvalue weighted by atomic mass is 10.2. The summed E-state index contributed by atoms with van der Waals surface area (Å²) in [5.74, 6) is 0.469. The van der Waals surface area contributed by atoms with Crippen LogP contribution in [0.3, 0.4) is 0 Å². The highest BCUT2D eigenvalue weighted by Gasteiger charge is 2.10. The first kappa shape index (κ1) is 13.8. The van der Waals surface area contributed by atoms with Crippen LogP contribution in [0, 0.1) is 0 Å². The van der Waals surface area contributed by atoms with Crippen LogP contribution in [0.15, 0.2) is 36.5 Å². The minimum atomic E-state index is -0.240. The molecule has 0 aliphatic rings. The molecule has 0 saturated carbocycles. The largest absolute Gasteiger partial charge is 0.373 e. The Balaban J connectivity index is 1.81. The summed E-state index contributed by atoms with van der Waals surface area (Å²) in [6.45, 7) is 0. The molecular formula is C14H11ClN4OS. The van der Waals surface area contributed by atoms with Crippen LogP contribution in [-0.2, 0) is 0 Å². The summed E-state index contributed by atoms with van der Waals surface area (Å²) < 4.78 is 0.932. The topological polar surface area (TPSA) is 66.9 Å². The fourth-order valence-electron chi connectivity index (χ4n) is 1.80. The van der Waals surface area contributed by atoms with Crippen LogP contribution in [0.2, 0.25) is 5.02 Å². The number of hydrogen-bond donors (Lipinski definition) is 2. The summed E-state index contributed by atoms with van der Waals surface area (Å²) in [6.07, 6.45) is 1.52. The molecule has 2 heterocycles. The normalized spacial score (nSPS) is 10.6. The molecule has 106 valence electrons. The van der Waals surface area contributed by atoms with E-state index in [0.717, 1.165) is 10.2 Å². The molecule has 1 amide bonds. The summed E-state index contributed by atoms with van der Waals surface area (Å²) in [6, 6.07) is 8.88. The molecule has 5 nitrogen and oxygen atoms in total. The van der Waals surface area contributed by atoms with Gasteiger partial charge in [-0.05, 0) is 30.3 Å². The van der Waals surface area contributed by atoms with Crippen molar-refractivity contribution in [2.45, 2.75) is 0 Å². The predicted molar refractivity (Wildman–Crippen MR) is 86.4 cm³/mol. The Morgan fingerprint density at radius 3 is 2.86 bits per heavy atom. The smallest absolute Gasteiger partial charge is 0.259 e. The zero-order chi connectivity index (χ0) is 14.8. The first-order valence-electron chi connectivity index (χ1n) is 6.17. The number of fused-ring (bicyclic) bond motifs is 1. The van der Waals surface area contributed by atoms with E-state index in [9.17, 15) is 4.79 Å². The van der Waals surface area contributed by atoms with Gasteiger partial charge < -0.3 is 5.32 Å². The molecule has 7 heteroatoms. The van der Waals surface area contributed by atoms with Gasteiger partial charge in [0.2, 0.25) is 0 Å². The van der Waals surface area contributed by atoms with Gasteiger partial charge in [0.1, 0.15) is 5.82 Å². The second kappa shape index (κ2) is 5.67. The number of amides is 1. The summed E-state index contributed by atoms with van der Waals surface area (Å²) in [7, 11) is 1.77. The molecule has 0 fully saturated rings. The zero-order valence-corrected chi connectivity index (χ0v) is 12.6. The number of hydrogen-bond acceptors (Lipinski definition) is 5. The Bertz CT molecular complexity index is 800. The molecule has 3 aromatic rings. The number of aromatic nitrogens is 2. The van der Waals surface area contributed by atoms with Gasteiger partial charge in [0.25, 0.3) is 5.91 Å². The quantitative estimate of drug-likeness (QED) is 0.773. The van der Waals surface area contributed by atoms with E-state index in [4.69, 9.17) is 11.6 Å². The molecule has 0 saturated heterocycles. The number of anilines is 2. The summed E-state index contributed by atoms with van der Waals surface area (Å²) in [5.41, 5.74) is 1.29. The van der Waals surface area contributed by atoms with Gasteiger partial charge in [0.05, 0.1) is 15.8 Å². The SMILES string of the molecule is CNc1ccc(C(=O)Nc2nc3ccc(Cl)cc3s2)cn1. The fourth-order valence-corrected chi connectivity index (χ4v) is 2.93.